The quantitative estimate of drug-likeness (QED) is 0.768. The van der Waals surface area contributed by atoms with E-state index in [1.807, 2.05) is 56.4 Å². The molecule has 0 fully saturated rings. The van der Waals surface area contributed by atoms with Gasteiger partial charge in [0.05, 0.1) is 5.92 Å². The van der Waals surface area contributed by atoms with Crippen LogP contribution in [0.2, 0.25) is 0 Å². The number of imidazole rings is 1. The van der Waals surface area contributed by atoms with E-state index in [1.54, 1.807) is 17.0 Å². The number of likely N-dealkylation sites (N-methyl/N-ethyl adjacent to an activating group) is 1. The second-order valence-corrected chi connectivity index (χ2v) is 4.95. The van der Waals surface area contributed by atoms with Crippen molar-refractivity contribution in [1.29, 1.82) is 0 Å². The maximum absolute atomic E-state index is 12.7. The Bertz CT molecular complexity index is 546. The van der Waals surface area contributed by atoms with Crippen molar-refractivity contribution in [3.8, 4) is 0 Å². The van der Waals surface area contributed by atoms with Gasteiger partial charge in [0.2, 0.25) is 5.78 Å². The summed E-state index contributed by atoms with van der Waals surface area (Å²) in [5.74, 6) is 0.389. The number of rotatable bonds is 5. The second-order valence-electron chi connectivity index (χ2n) is 4.95. The lowest BCUT2D eigenvalue weighted by atomic mass is 9.93. The van der Waals surface area contributed by atoms with E-state index in [2.05, 4.69) is 4.98 Å². The molecule has 0 radical (unpaired) electrons. The highest BCUT2D eigenvalue weighted by Crippen LogP contribution is 2.20. The molecule has 2 aromatic rings. The lowest BCUT2D eigenvalue weighted by Crippen LogP contribution is -2.27. The van der Waals surface area contributed by atoms with Crippen LogP contribution in [0, 0.1) is 0 Å². The minimum absolute atomic E-state index is 0.0624. The zero-order valence-electron chi connectivity index (χ0n) is 11.6. The van der Waals surface area contributed by atoms with E-state index in [-0.39, 0.29) is 11.7 Å². The molecule has 0 spiro atoms. The Balaban J connectivity index is 2.33. The van der Waals surface area contributed by atoms with Crippen LogP contribution < -0.4 is 0 Å². The summed E-state index contributed by atoms with van der Waals surface area (Å²) in [6.07, 6.45) is 3.45. The van der Waals surface area contributed by atoms with Crippen LogP contribution in [0.5, 0.6) is 0 Å². The smallest absolute Gasteiger partial charge is 0.206 e. The Hall–Kier alpha value is -1.94. The molecule has 1 heterocycles. The molecule has 1 atom stereocenters. The first-order chi connectivity index (χ1) is 9.09. The van der Waals surface area contributed by atoms with Crippen LogP contribution in [0.15, 0.2) is 42.7 Å². The predicted molar refractivity (Wildman–Crippen MR) is 75.3 cm³/mol. The van der Waals surface area contributed by atoms with Gasteiger partial charge < -0.3 is 9.47 Å². The SMILES string of the molecule is CN(C)CC(C(=O)c1nccn1C)c1ccccc1. The average Bonchev–Trinajstić information content (AvgIpc) is 2.82. The van der Waals surface area contributed by atoms with Gasteiger partial charge in [0.25, 0.3) is 0 Å². The Kier molecular flexibility index (Phi) is 4.12. The number of Topliss-reactive ketones (excluding diaryl/α,β-unsaturated/α-hetero) is 1. The van der Waals surface area contributed by atoms with Crippen LogP contribution >= 0.6 is 0 Å². The summed E-state index contributed by atoms with van der Waals surface area (Å²) in [7, 11) is 5.79. The molecule has 0 amide bonds. The van der Waals surface area contributed by atoms with Crippen LogP contribution in [-0.4, -0.2) is 40.9 Å². The van der Waals surface area contributed by atoms with Crippen molar-refractivity contribution in [2.75, 3.05) is 20.6 Å². The number of ketones is 1. The van der Waals surface area contributed by atoms with Gasteiger partial charge in [0.15, 0.2) is 5.82 Å². The molecule has 0 bridgehead atoms. The molecule has 1 aromatic heterocycles. The minimum atomic E-state index is -0.183. The molecule has 100 valence electrons. The summed E-state index contributed by atoms with van der Waals surface area (Å²) in [5, 5.41) is 0. The third-order valence-corrected chi connectivity index (χ3v) is 3.11. The van der Waals surface area contributed by atoms with E-state index in [4.69, 9.17) is 0 Å². The van der Waals surface area contributed by atoms with Gasteiger partial charge in [-0.25, -0.2) is 4.98 Å². The average molecular weight is 257 g/mol. The van der Waals surface area contributed by atoms with Crippen molar-refractivity contribution in [1.82, 2.24) is 14.5 Å². The Morgan fingerprint density at radius 3 is 2.53 bits per heavy atom. The predicted octanol–water partition coefficient (Wildman–Crippen LogP) is 1.95. The van der Waals surface area contributed by atoms with Crippen molar-refractivity contribution >= 4 is 5.78 Å². The number of hydrogen-bond donors (Lipinski definition) is 0. The molecule has 0 saturated carbocycles. The molecule has 0 aliphatic heterocycles. The van der Waals surface area contributed by atoms with Gasteiger partial charge in [0, 0.05) is 26.0 Å². The zero-order valence-corrected chi connectivity index (χ0v) is 11.6. The molecule has 4 heteroatoms. The number of aryl methyl sites for hydroxylation is 1. The molecule has 4 nitrogen and oxygen atoms in total. The Morgan fingerprint density at radius 2 is 2.00 bits per heavy atom. The molecule has 0 aliphatic carbocycles. The molecule has 19 heavy (non-hydrogen) atoms. The van der Waals surface area contributed by atoms with Crippen molar-refractivity contribution in [2.45, 2.75) is 5.92 Å². The van der Waals surface area contributed by atoms with Crippen LogP contribution in [0.4, 0.5) is 0 Å². The van der Waals surface area contributed by atoms with Crippen molar-refractivity contribution < 1.29 is 4.79 Å². The maximum atomic E-state index is 12.7. The van der Waals surface area contributed by atoms with Crippen LogP contribution in [0.25, 0.3) is 0 Å². The number of hydrogen-bond acceptors (Lipinski definition) is 3. The molecule has 2 rings (SSSR count). The first-order valence-corrected chi connectivity index (χ1v) is 6.31. The van der Waals surface area contributed by atoms with Crippen LogP contribution in [0.1, 0.15) is 22.1 Å². The molecule has 0 saturated heterocycles. The summed E-state index contributed by atoms with van der Waals surface area (Å²) >= 11 is 0. The summed E-state index contributed by atoms with van der Waals surface area (Å²) in [5.41, 5.74) is 1.03. The van der Waals surface area contributed by atoms with Crippen molar-refractivity contribution in [3.63, 3.8) is 0 Å². The largest absolute Gasteiger partial charge is 0.332 e. The van der Waals surface area contributed by atoms with E-state index in [9.17, 15) is 4.79 Å². The van der Waals surface area contributed by atoms with E-state index in [1.165, 1.54) is 0 Å². The van der Waals surface area contributed by atoms with Crippen LogP contribution in [0.3, 0.4) is 0 Å². The highest BCUT2D eigenvalue weighted by Gasteiger charge is 2.25. The van der Waals surface area contributed by atoms with E-state index in [0.29, 0.717) is 12.4 Å². The van der Waals surface area contributed by atoms with Crippen molar-refractivity contribution in [3.05, 3.63) is 54.1 Å². The third kappa shape index (κ3) is 3.09. The standard InChI is InChI=1S/C15H19N3O/c1-17(2)11-13(12-7-5-4-6-8-12)14(19)15-16-9-10-18(15)3/h4-10,13H,11H2,1-3H3. The van der Waals surface area contributed by atoms with E-state index < -0.39 is 0 Å². The van der Waals surface area contributed by atoms with Crippen molar-refractivity contribution in [2.24, 2.45) is 7.05 Å². The fourth-order valence-electron chi connectivity index (χ4n) is 2.15. The fourth-order valence-corrected chi connectivity index (χ4v) is 2.15. The molecule has 1 aromatic carbocycles. The van der Waals surface area contributed by atoms with Gasteiger partial charge in [0.1, 0.15) is 0 Å². The lowest BCUT2D eigenvalue weighted by molar-refractivity contribution is 0.0931. The van der Waals surface area contributed by atoms with Crippen LogP contribution in [-0.2, 0) is 7.05 Å². The van der Waals surface area contributed by atoms with Gasteiger partial charge in [-0.1, -0.05) is 30.3 Å². The van der Waals surface area contributed by atoms with Gasteiger partial charge >= 0.3 is 0 Å². The zero-order chi connectivity index (χ0) is 13.8. The lowest BCUT2D eigenvalue weighted by Gasteiger charge is -2.20. The van der Waals surface area contributed by atoms with Gasteiger partial charge in [-0.3, -0.25) is 4.79 Å². The number of aromatic nitrogens is 2. The highest BCUT2D eigenvalue weighted by molar-refractivity contribution is 5.98. The van der Waals surface area contributed by atoms with E-state index >= 15 is 0 Å². The Morgan fingerprint density at radius 1 is 1.32 bits per heavy atom. The summed E-state index contributed by atoms with van der Waals surface area (Å²) in [6.45, 7) is 0.676. The molecule has 0 N–H and O–H groups in total. The minimum Gasteiger partial charge on any atom is -0.332 e. The monoisotopic (exact) mass is 257 g/mol. The van der Waals surface area contributed by atoms with Gasteiger partial charge in [-0.05, 0) is 19.7 Å². The number of carbonyl (C=O) groups is 1. The van der Waals surface area contributed by atoms with Gasteiger partial charge in [-0.15, -0.1) is 0 Å². The molecule has 0 aliphatic rings. The summed E-state index contributed by atoms with van der Waals surface area (Å²) < 4.78 is 1.77. The fraction of sp³-hybridized carbons (Fsp3) is 0.333. The maximum Gasteiger partial charge on any atom is 0.206 e. The second kappa shape index (κ2) is 5.80. The Labute approximate surface area is 113 Å². The van der Waals surface area contributed by atoms with E-state index in [0.717, 1.165) is 5.56 Å². The first kappa shape index (κ1) is 13.5. The summed E-state index contributed by atoms with van der Waals surface area (Å²) in [4.78, 5) is 18.8. The molecule has 1 unspecified atom stereocenters. The topological polar surface area (TPSA) is 38.1 Å². The molecular formula is C15H19N3O. The number of benzene rings is 1. The molecular weight excluding hydrogens is 238 g/mol. The summed E-state index contributed by atoms with van der Waals surface area (Å²) in [6, 6.07) is 9.87. The van der Waals surface area contributed by atoms with Gasteiger partial charge in [-0.2, -0.15) is 0 Å². The highest BCUT2D eigenvalue weighted by atomic mass is 16.1. The number of carbonyl (C=O) groups excluding carboxylic acids is 1. The first-order valence-electron chi connectivity index (χ1n) is 6.31. The number of nitrogens with zero attached hydrogens (tertiary/aromatic N) is 3. The third-order valence-electron chi connectivity index (χ3n) is 3.11. The normalized spacial score (nSPS) is 12.6.